The van der Waals surface area contributed by atoms with Crippen LogP contribution >= 0.6 is 0 Å². The monoisotopic (exact) mass is 327 g/mol. The average Bonchev–Trinajstić information content (AvgIpc) is 2.60. The Hall–Kier alpha value is -2.56. The van der Waals surface area contributed by atoms with E-state index in [1.807, 2.05) is 19.1 Å². The molecule has 0 spiro atoms. The molecule has 2 aliphatic heterocycles. The molecule has 0 bridgehead atoms. The topological polar surface area (TPSA) is 38.8 Å². The van der Waals surface area contributed by atoms with Gasteiger partial charge in [0.05, 0.1) is 6.04 Å². The smallest absolute Gasteiger partial charge is 0.254 e. The summed E-state index contributed by atoms with van der Waals surface area (Å²) in [7, 11) is 0. The molecule has 2 heterocycles. The van der Waals surface area contributed by atoms with Crippen molar-refractivity contribution in [3.8, 4) is 11.5 Å². The second-order valence-electron chi connectivity index (χ2n) is 6.13. The van der Waals surface area contributed by atoms with Gasteiger partial charge in [0.1, 0.15) is 19.0 Å². The molecule has 0 saturated carbocycles. The average molecular weight is 327 g/mol. The molecule has 2 aliphatic rings. The number of ether oxygens (including phenoxy) is 2. The van der Waals surface area contributed by atoms with Crippen molar-refractivity contribution in [1.82, 2.24) is 4.90 Å². The largest absolute Gasteiger partial charge is 0.486 e. The van der Waals surface area contributed by atoms with E-state index >= 15 is 0 Å². The number of benzene rings is 2. The van der Waals surface area contributed by atoms with Crippen LogP contribution in [0.2, 0.25) is 0 Å². The van der Waals surface area contributed by atoms with Gasteiger partial charge in [-0.05, 0) is 54.8 Å². The van der Waals surface area contributed by atoms with E-state index in [0.717, 1.165) is 23.5 Å². The number of carbonyl (C=O) groups is 1. The lowest BCUT2D eigenvalue weighted by Crippen LogP contribution is -2.39. The lowest BCUT2D eigenvalue weighted by atomic mass is 9.92. The Bertz CT molecular complexity index is 805. The van der Waals surface area contributed by atoms with Gasteiger partial charge in [0, 0.05) is 12.1 Å². The minimum Gasteiger partial charge on any atom is -0.486 e. The lowest BCUT2D eigenvalue weighted by Gasteiger charge is -2.36. The summed E-state index contributed by atoms with van der Waals surface area (Å²) in [6.07, 6.45) is 0.747. The fraction of sp³-hybridized carbons (Fsp3) is 0.316. The number of carbonyl (C=O) groups excluding carboxylic acids is 1. The van der Waals surface area contributed by atoms with Gasteiger partial charge in [0.25, 0.3) is 5.91 Å². The molecule has 124 valence electrons. The van der Waals surface area contributed by atoms with Crippen molar-refractivity contribution in [1.29, 1.82) is 0 Å². The van der Waals surface area contributed by atoms with Gasteiger partial charge >= 0.3 is 0 Å². The minimum atomic E-state index is -0.398. The molecule has 0 N–H and O–H groups in total. The molecule has 0 fully saturated rings. The zero-order valence-electron chi connectivity index (χ0n) is 13.4. The van der Waals surface area contributed by atoms with Crippen LogP contribution in [0.4, 0.5) is 4.39 Å². The molecule has 1 unspecified atom stereocenters. The number of fused-ring (bicyclic) bond motifs is 2. The van der Waals surface area contributed by atoms with Crippen molar-refractivity contribution in [3.63, 3.8) is 0 Å². The molecule has 2 aromatic rings. The maximum absolute atomic E-state index is 13.4. The Kier molecular flexibility index (Phi) is 3.63. The summed E-state index contributed by atoms with van der Waals surface area (Å²) < 4.78 is 24.7. The molecule has 0 aliphatic carbocycles. The quantitative estimate of drug-likeness (QED) is 0.806. The van der Waals surface area contributed by atoms with Gasteiger partial charge in [0.2, 0.25) is 0 Å². The van der Waals surface area contributed by atoms with Gasteiger partial charge in [-0.1, -0.05) is 6.07 Å². The second kappa shape index (κ2) is 5.82. The van der Waals surface area contributed by atoms with Crippen molar-refractivity contribution < 1.29 is 18.7 Å². The lowest BCUT2D eigenvalue weighted by molar-refractivity contribution is 0.0676. The van der Waals surface area contributed by atoms with E-state index in [2.05, 4.69) is 0 Å². The van der Waals surface area contributed by atoms with E-state index in [1.165, 1.54) is 17.7 Å². The standard InChI is InChI=1S/C19H18FNO3/c1-12-16-11-18-17(23-7-8-24-18)10-13(16)5-6-21(12)19(22)14-3-2-4-15(20)9-14/h2-4,9-12H,5-8H2,1H3. The Morgan fingerprint density at radius 2 is 1.92 bits per heavy atom. The zero-order chi connectivity index (χ0) is 16.7. The number of nitrogens with zero attached hydrogens (tertiary/aromatic N) is 1. The summed E-state index contributed by atoms with van der Waals surface area (Å²) in [4.78, 5) is 14.5. The SMILES string of the molecule is CC1c2cc3c(cc2CCN1C(=O)c1cccc(F)c1)OCCO3. The van der Waals surface area contributed by atoms with Crippen molar-refractivity contribution in [2.24, 2.45) is 0 Å². The molecule has 0 radical (unpaired) electrons. The maximum Gasteiger partial charge on any atom is 0.254 e. The molecule has 5 heteroatoms. The van der Waals surface area contributed by atoms with Crippen LogP contribution in [0.15, 0.2) is 36.4 Å². The molecule has 4 nitrogen and oxygen atoms in total. The van der Waals surface area contributed by atoms with Gasteiger partial charge in [0.15, 0.2) is 11.5 Å². The van der Waals surface area contributed by atoms with Crippen molar-refractivity contribution >= 4 is 5.91 Å². The van der Waals surface area contributed by atoms with Crippen LogP contribution in [-0.2, 0) is 6.42 Å². The van der Waals surface area contributed by atoms with E-state index in [1.54, 1.807) is 17.0 Å². The normalized spacial score (nSPS) is 18.9. The number of hydrogen-bond donors (Lipinski definition) is 0. The first-order chi connectivity index (χ1) is 11.6. The summed E-state index contributed by atoms with van der Waals surface area (Å²) >= 11 is 0. The van der Waals surface area contributed by atoms with Crippen molar-refractivity contribution in [2.45, 2.75) is 19.4 Å². The Morgan fingerprint density at radius 1 is 1.17 bits per heavy atom. The van der Waals surface area contributed by atoms with Crippen LogP contribution in [0.25, 0.3) is 0 Å². The number of amides is 1. The molecule has 2 aromatic carbocycles. The first kappa shape index (κ1) is 15.0. The van der Waals surface area contributed by atoms with E-state index in [9.17, 15) is 9.18 Å². The number of halogens is 1. The number of rotatable bonds is 1. The van der Waals surface area contributed by atoms with Crippen LogP contribution in [0.3, 0.4) is 0 Å². The van der Waals surface area contributed by atoms with Crippen LogP contribution in [-0.4, -0.2) is 30.6 Å². The Morgan fingerprint density at radius 3 is 2.67 bits per heavy atom. The van der Waals surface area contributed by atoms with E-state index in [-0.39, 0.29) is 11.9 Å². The van der Waals surface area contributed by atoms with Gasteiger partial charge in [-0.25, -0.2) is 4.39 Å². The molecule has 0 saturated heterocycles. The highest BCUT2D eigenvalue weighted by Gasteiger charge is 2.30. The van der Waals surface area contributed by atoms with Gasteiger partial charge in [-0.15, -0.1) is 0 Å². The van der Waals surface area contributed by atoms with Crippen molar-refractivity contribution in [2.75, 3.05) is 19.8 Å². The first-order valence-electron chi connectivity index (χ1n) is 8.12. The van der Waals surface area contributed by atoms with E-state index in [4.69, 9.17) is 9.47 Å². The summed E-state index contributed by atoms with van der Waals surface area (Å²) in [6, 6.07) is 9.73. The molecule has 0 aromatic heterocycles. The predicted molar refractivity (Wildman–Crippen MR) is 87.0 cm³/mol. The molecule has 1 atom stereocenters. The summed E-state index contributed by atoms with van der Waals surface area (Å²) in [6.45, 7) is 3.69. The maximum atomic E-state index is 13.4. The highest BCUT2D eigenvalue weighted by molar-refractivity contribution is 5.94. The van der Waals surface area contributed by atoms with Crippen LogP contribution in [0.1, 0.15) is 34.5 Å². The van der Waals surface area contributed by atoms with Crippen LogP contribution in [0.5, 0.6) is 11.5 Å². The molecule has 4 rings (SSSR count). The summed E-state index contributed by atoms with van der Waals surface area (Å²) in [5.41, 5.74) is 2.62. The molecular weight excluding hydrogens is 309 g/mol. The first-order valence-corrected chi connectivity index (χ1v) is 8.12. The highest BCUT2D eigenvalue weighted by atomic mass is 19.1. The molecule has 1 amide bonds. The minimum absolute atomic E-state index is 0.0969. The zero-order valence-corrected chi connectivity index (χ0v) is 13.4. The van der Waals surface area contributed by atoms with Crippen LogP contribution < -0.4 is 9.47 Å². The molecular formula is C19H18FNO3. The summed E-state index contributed by atoms with van der Waals surface area (Å²) in [5, 5.41) is 0. The van der Waals surface area contributed by atoms with Gasteiger partial charge < -0.3 is 14.4 Å². The molecule has 24 heavy (non-hydrogen) atoms. The Labute approximate surface area is 139 Å². The Balaban J connectivity index is 1.66. The third-order valence-corrected chi connectivity index (χ3v) is 4.68. The van der Waals surface area contributed by atoms with Crippen molar-refractivity contribution in [3.05, 3.63) is 58.9 Å². The highest BCUT2D eigenvalue weighted by Crippen LogP contribution is 2.39. The fourth-order valence-corrected chi connectivity index (χ4v) is 3.42. The van der Waals surface area contributed by atoms with Gasteiger partial charge in [-0.2, -0.15) is 0 Å². The van der Waals surface area contributed by atoms with E-state index in [0.29, 0.717) is 25.3 Å². The third-order valence-electron chi connectivity index (χ3n) is 4.68. The van der Waals surface area contributed by atoms with E-state index < -0.39 is 5.82 Å². The third kappa shape index (κ3) is 2.50. The van der Waals surface area contributed by atoms with Crippen LogP contribution in [0, 0.1) is 5.82 Å². The number of hydrogen-bond acceptors (Lipinski definition) is 3. The second-order valence-corrected chi connectivity index (χ2v) is 6.13. The van der Waals surface area contributed by atoms with Gasteiger partial charge in [-0.3, -0.25) is 4.79 Å². The summed E-state index contributed by atoms with van der Waals surface area (Å²) in [5.74, 6) is 0.956. The predicted octanol–water partition coefficient (Wildman–Crippen LogP) is 3.36. The fourth-order valence-electron chi connectivity index (χ4n) is 3.42.